The van der Waals surface area contributed by atoms with Gasteiger partial charge in [-0.2, -0.15) is 0 Å². The summed E-state index contributed by atoms with van der Waals surface area (Å²) >= 11 is 0. The van der Waals surface area contributed by atoms with Crippen LogP contribution in [0.5, 0.6) is 0 Å². The maximum Gasteiger partial charge on any atom is 0.273 e. The largest absolute Gasteiger partial charge is 0.322 e. The van der Waals surface area contributed by atoms with E-state index in [0.29, 0.717) is 17.8 Å². The molecule has 150 valence electrons. The van der Waals surface area contributed by atoms with Gasteiger partial charge >= 0.3 is 0 Å². The van der Waals surface area contributed by atoms with Crippen molar-refractivity contribution in [2.75, 3.05) is 16.8 Å². The van der Waals surface area contributed by atoms with Crippen LogP contribution in [0.15, 0.2) is 36.4 Å². The van der Waals surface area contributed by atoms with Crippen molar-refractivity contribution in [3.63, 3.8) is 0 Å². The molecule has 1 heterocycles. The minimum absolute atomic E-state index is 0.0834. The number of hydrogen-bond acceptors (Lipinski definition) is 4. The Morgan fingerprint density at radius 2 is 1.93 bits per heavy atom. The molecule has 2 aromatic rings. The van der Waals surface area contributed by atoms with Crippen molar-refractivity contribution < 1.29 is 14.5 Å². The van der Waals surface area contributed by atoms with Crippen LogP contribution in [0, 0.1) is 23.0 Å². The Morgan fingerprint density at radius 3 is 2.66 bits per heavy atom. The lowest BCUT2D eigenvalue weighted by atomic mass is 10.1. The Balaban J connectivity index is 1.56. The number of fused-ring (bicyclic) bond motifs is 1. The summed E-state index contributed by atoms with van der Waals surface area (Å²) in [4.78, 5) is 38.1. The number of nitro benzene ring substituents is 1. The van der Waals surface area contributed by atoms with Crippen LogP contribution < -0.4 is 10.2 Å². The van der Waals surface area contributed by atoms with Crippen LogP contribution in [0.4, 0.5) is 17.1 Å². The molecule has 7 nitrogen and oxygen atoms in total. The minimum atomic E-state index is -0.492. The summed E-state index contributed by atoms with van der Waals surface area (Å²) < 4.78 is 0. The van der Waals surface area contributed by atoms with Crippen LogP contribution in [0.1, 0.15) is 47.2 Å². The first-order valence-electron chi connectivity index (χ1n) is 9.95. The number of hydrogen-bond donors (Lipinski definition) is 1. The van der Waals surface area contributed by atoms with Crippen LogP contribution in [-0.4, -0.2) is 23.3 Å². The molecule has 29 heavy (non-hydrogen) atoms. The zero-order valence-electron chi connectivity index (χ0n) is 16.3. The Kier molecular flexibility index (Phi) is 5.05. The van der Waals surface area contributed by atoms with Gasteiger partial charge in [0.15, 0.2) is 0 Å². The number of benzene rings is 2. The molecule has 4 rings (SSSR count). The highest BCUT2D eigenvalue weighted by Crippen LogP contribution is 2.35. The fraction of sp³-hybridized carbons (Fsp3) is 0.364. The monoisotopic (exact) mass is 393 g/mol. The van der Waals surface area contributed by atoms with E-state index in [1.54, 1.807) is 13.0 Å². The number of nitrogens with one attached hydrogen (secondary N) is 1. The highest BCUT2D eigenvalue weighted by molar-refractivity contribution is 6.06. The van der Waals surface area contributed by atoms with Gasteiger partial charge in [-0.3, -0.25) is 19.7 Å². The Morgan fingerprint density at radius 1 is 1.17 bits per heavy atom. The Labute approximate surface area is 168 Å². The van der Waals surface area contributed by atoms with E-state index >= 15 is 0 Å². The number of carbonyl (C=O) groups is 2. The van der Waals surface area contributed by atoms with Crippen molar-refractivity contribution in [3.8, 4) is 0 Å². The van der Waals surface area contributed by atoms with Gasteiger partial charge in [0.2, 0.25) is 5.91 Å². The maximum absolute atomic E-state index is 12.9. The van der Waals surface area contributed by atoms with Crippen LogP contribution in [-0.2, 0) is 11.2 Å². The topological polar surface area (TPSA) is 92.6 Å². The molecule has 1 N–H and O–H groups in total. The average molecular weight is 393 g/mol. The highest BCUT2D eigenvalue weighted by atomic mass is 16.6. The highest BCUT2D eigenvalue weighted by Gasteiger charge is 2.32. The molecule has 0 aromatic heterocycles. The zero-order chi connectivity index (χ0) is 20.5. The van der Waals surface area contributed by atoms with Gasteiger partial charge in [-0.15, -0.1) is 0 Å². The number of rotatable bonds is 4. The van der Waals surface area contributed by atoms with Gasteiger partial charge in [-0.25, -0.2) is 0 Å². The van der Waals surface area contributed by atoms with Gasteiger partial charge in [0, 0.05) is 41.0 Å². The summed E-state index contributed by atoms with van der Waals surface area (Å²) in [5, 5.41) is 14.0. The number of anilines is 2. The Bertz CT molecular complexity index is 996. The fourth-order valence-electron chi connectivity index (χ4n) is 4.34. The van der Waals surface area contributed by atoms with E-state index in [-0.39, 0.29) is 23.1 Å². The molecule has 7 heteroatoms. The van der Waals surface area contributed by atoms with Gasteiger partial charge in [-0.1, -0.05) is 25.0 Å². The molecule has 1 aliphatic carbocycles. The van der Waals surface area contributed by atoms with Crippen molar-refractivity contribution in [1.29, 1.82) is 0 Å². The predicted octanol–water partition coefficient (Wildman–Crippen LogP) is 4.23. The van der Waals surface area contributed by atoms with E-state index in [1.807, 2.05) is 23.1 Å². The summed E-state index contributed by atoms with van der Waals surface area (Å²) in [7, 11) is 0. The molecular weight excluding hydrogens is 370 g/mol. The summed E-state index contributed by atoms with van der Waals surface area (Å²) in [6.07, 6.45) is 4.93. The third kappa shape index (κ3) is 3.60. The summed E-state index contributed by atoms with van der Waals surface area (Å²) in [6, 6.07) is 10.0. The summed E-state index contributed by atoms with van der Waals surface area (Å²) in [5.41, 5.74) is 3.04. The molecule has 1 fully saturated rings. The predicted molar refractivity (Wildman–Crippen MR) is 110 cm³/mol. The molecule has 0 radical (unpaired) electrons. The third-order valence-corrected chi connectivity index (χ3v) is 5.96. The lowest BCUT2D eigenvalue weighted by Gasteiger charge is -2.21. The molecule has 1 aliphatic heterocycles. The molecule has 2 aliphatic rings. The van der Waals surface area contributed by atoms with Gasteiger partial charge in [0.25, 0.3) is 11.6 Å². The van der Waals surface area contributed by atoms with E-state index in [4.69, 9.17) is 0 Å². The van der Waals surface area contributed by atoms with Crippen molar-refractivity contribution >= 4 is 28.9 Å². The molecular formula is C22H23N3O4. The van der Waals surface area contributed by atoms with Crippen molar-refractivity contribution in [1.82, 2.24) is 0 Å². The third-order valence-electron chi connectivity index (χ3n) is 5.96. The van der Waals surface area contributed by atoms with Gasteiger partial charge in [0.05, 0.1) is 4.92 Å². The maximum atomic E-state index is 12.9. The van der Waals surface area contributed by atoms with Crippen LogP contribution in [0.3, 0.4) is 0 Å². The second-order valence-corrected chi connectivity index (χ2v) is 7.73. The molecule has 2 aromatic carbocycles. The molecule has 0 saturated heterocycles. The molecule has 1 saturated carbocycles. The normalized spacial score (nSPS) is 16.0. The molecule has 0 bridgehead atoms. The summed E-state index contributed by atoms with van der Waals surface area (Å²) in [5.74, 6) is -0.121. The first kappa shape index (κ1) is 19.1. The van der Waals surface area contributed by atoms with E-state index in [9.17, 15) is 19.7 Å². The fourth-order valence-corrected chi connectivity index (χ4v) is 4.34. The second kappa shape index (κ2) is 7.66. The van der Waals surface area contributed by atoms with Crippen LogP contribution >= 0.6 is 0 Å². The van der Waals surface area contributed by atoms with Gasteiger partial charge in [-0.05, 0) is 49.9 Å². The molecule has 0 unspecified atom stereocenters. The number of carbonyl (C=O) groups excluding carboxylic acids is 2. The number of nitro groups is 1. The van der Waals surface area contributed by atoms with E-state index < -0.39 is 10.8 Å². The Hall–Kier alpha value is -3.22. The second-order valence-electron chi connectivity index (χ2n) is 7.73. The number of nitrogens with zero attached hydrogens (tertiary/aromatic N) is 2. The zero-order valence-corrected chi connectivity index (χ0v) is 16.3. The standard InChI is InChI=1S/C22H23N3O4/c1-14-18(7-4-8-19(14)25(28)29)21(26)23-17-10-9-15-11-12-24(20(15)13-17)22(27)16-5-2-3-6-16/h4,7-10,13,16H,2-3,5-6,11-12H2,1H3,(H,23,26). The van der Waals surface area contributed by atoms with E-state index in [2.05, 4.69) is 5.32 Å². The van der Waals surface area contributed by atoms with Crippen LogP contribution in [0.25, 0.3) is 0 Å². The minimum Gasteiger partial charge on any atom is -0.322 e. The van der Waals surface area contributed by atoms with Crippen molar-refractivity contribution in [3.05, 3.63) is 63.2 Å². The average Bonchev–Trinajstić information content (AvgIpc) is 3.37. The van der Waals surface area contributed by atoms with Gasteiger partial charge in [0.1, 0.15) is 0 Å². The lowest BCUT2D eigenvalue weighted by Crippen LogP contribution is -2.33. The van der Waals surface area contributed by atoms with Crippen molar-refractivity contribution in [2.45, 2.75) is 39.0 Å². The molecule has 0 atom stereocenters. The SMILES string of the molecule is Cc1c(C(=O)Nc2ccc3c(c2)N(C(=O)C2CCCC2)CC3)cccc1[N+](=O)[O-]. The van der Waals surface area contributed by atoms with Crippen molar-refractivity contribution in [2.24, 2.45) is 5.92 Å². The molecule has 0 spiro atoms. The van der Waals surface area contributed by atoms with Crippen LogP contribution in [0.2, 0.25) is 0 Å². The summed E-state index contributed by atoms with van der Waals surface area (Å²) in [6.45, 7) is 2.24. The quantitative estimate of drug-likeness (QED) is 0.621. The number of amides is 2. The van der Waals surface area contributed by atoms with Gasteiger partial charge < -0.3 is 10.2 Å². The lowest BCUT2D eigenvalue weighted by molar-refractivity contribution is -0.385. The van der Waals surface area contributed by atoms with E-state index in [1.165, 1.54) is 12.1 Å². The first-order chi connectivity index (χ1) is 14.0. The molecule has 2 amide bonds. The van der Waals surface area contributed by atoms with E-state index in [0.717, 1.165) is 43.4 Å². The first-order valence-corrected chi connectivity index (χ1v) is 9.95. The smallest absolute Gasteiger partial charge is 0.273 e.